The van der Waals surface area contributed by atoms with Gasteiger partial charge in [0.1, 0.15) is 4.83 Å². The molecule has 35 heavy (non-hydrogen) atoms. The van der Waals surface area contributed by atoms with Gasteiger partial charge in [0.25, 0.3) is 16.0 Å². The number of nitrogens with zero attached hydrogens (tertiary/aromatic N) is 3. The Labute approximate surface area is 210 Å². The fourth-order valence-electron chi connectivity index (χ4n) is 5.16. The van der Waals surface area contributed by atoms with Crippen LogP contribution in [-0.2, 0) is 14.3 Å². The van der Waals surface area contributed by atoms with Crippen molar-refractivity contribution in [1.82, 2.24) is 9.78 Å². The van der Waals surface area contributed by atoms with Crippen molar-refractivity contribution in [2.24, 2.45) is 0 Å². The number of fused-ring (bicyclic) bond motifs is 1. The maximum absolute atomic E-state index is 13.0. The molecule has 1 amide bonds. The molecule has 0 radical (unpaired) electrons. The minimum absolute atomic E-state index is 0.104. The van der Waals surface area contributed by atoms with Crippen LogP contribution < -0.4 is 10.2 Å². The second-order valence-corrected chi connectivity index (χ2v) is 12.3. The van der Waals surface area contributed by atoms with E-state index in [1.807, 2.05) is 37.3 Å². The third-order valence-corrected chi connectivity index (χ3v) is 8.70. The topological polar surface area (TPSA) is 93.5 Å². The molecule has 8 nitrogen and oxygen atoms in total. The Bertz CT molecular complexity index is 1300. The van der Waals surface area contributed by atoms with E-state index in [1.165, 1.54) is 30.6 Å². The first-order valence-electron chi connectivity index (χ1n) is 12.3. The van der Waals surface area contributed by atoms with Crippen molar-refractivity contribution >= 4 is 49.0 Å². The van der Waals surface area contributed by atoms with E-state index in [0.29, 0.717) is 23.8 Å². The second kappa shape index (κ2) is 9.91. The zero-order valence-corrected chi connectivity index (χ0v) is 21.8. The summed E-state index contributed by atoms with van der Waals surface area (Å²) in [7, 11) is -3.42. The zero-order valence-electron chi connectivity index (χ0n) is 20.2. The molecular formula is C25H32N4O4S2. The average molecular weight is 517 g/mol. The number of hydrogen-bond acceptors (Lipinski definition) is 7. The predicted molar refractivity (Wildman–Crippen MR) is 140 cm³/mol. The monoisotopic (exact) mass is 516 g/mol. The Balaban J connectivity index is 1.23. The summed E-state index contributed by atoms with van der Waals surface area (Å²) in [6.45, 7) is 3.47. The van der Waals surface area contributed by atoms with Gasteiger partial charge in [0.15, 0.2) is 0 Å². The van der Waals surface area contributed by atoms with Crippen LogP contribution in [0.3, 0.4) is 0 Å². The smallest absolute Gasteiger partial charge is 0.265 e. The van der Waals surface area contributed by atoms with E-state index in [0.717, 1.165) is 59.5 Å². The third-order valence-electron chi connectivity index (χ3n) is 6.96. The Morgan fingerprint density at radius 2 is 1.77 bits per heavy atom. The summed E-state index contributed by atoms with van der Waals surface area (Å²) in [5.41, 5.74) is 2.78. The lowest BCUT2D eigenvalue weighted by Gasteiger charge is -2.33. The molecule has 1 saturated heterocycles. The first kappa shape index (κ1) is 24.3. The Kier molecular flexibility index (Phi) is 6.87. The molecule has 0 spiro atoms. The van der Waals surface area contributed by atoms with E-state index >= 15 is 0 Å². The first-order valence-corrected chi connectivity index (χ1v) is 14.9. The van der Waals surface area contributed by atoms with Crippen LogP contribution in [0.2, 0.25) is 0 Å². The number of thiophene rings is 1. The Hall–Kier alpha value is -2.43. The van der Waals surface area contributed by atoms with Crippen molar-refractivity contribution in [3.63, 3.8) is 0 Å². The van der Waals surface area contributed by atoms with Crippen molar-refractivity contribution in [3.8, 4) is 0 Å². The van der Waals surface area contributed by atoms with Crippen LogP contribution in [0.1, 0.15) is 66.4 Å². The van der Waals surface area contributed by atoms with Crippen LogP contribution in [0.25, 0.3) is 10.2 Å². The van der Waals surface area contributed by atoms with Crippen LogP contribution in [0, 0.1) is 6.92 Å². The van der Waals surface area contributed by atoms with Gasteiger partial charge >= 0.3 is 0 Å². The molecule has 3 aromatic rings. The summed E-state index contributed by atoms with van der Waals surface area (Å²) >= 11 is 1.52. The fraction of sp³-hybridized carbons (Fsp3) is 0.520. The Morgan fingerprint density at radius 1 is 1.09 bits per heavy atom. The lowest BCUT2D eigenvalue weighted by molar-refractivity contribution is 0.103. The Morgan fingerprint density at radius 3 is 2.43 bits per heavy atom. The number of piperidine rings is 1. The normalized spacial score (nSPS) is 18.3. The molecule has 3 heterocycles. The minimum atomic E-state index is -3.42. The van der Waals surface area contributed by atoms with Gasteiger partial charge < -0.3 is 10.2 Å². The minimum Gasteiger partial charge on any atom is -0.371 e. The molecule has 2 aliphatic rings. The molecule has 1 aliphatic heterocycles. The molecule has 0 bridgehead atoms. The lowest BCUT2D eigenvalue weighted by Crippen LogP contribution is -2.37. The van der Waals surface area contributed by atoms with Gasteiger partial charge in [0, 0.05) is 29.9 Å². The molecule has 10 heteroatoms. The van der Waals surface area contributed by atoms with Gasteiger partial charge in [-0.05, 0) is 62.9 Å². The van der Waals surface area contributed by atoms with Crippen molar-refractivity contribution < 1.29 is 17.4 Å². The molecule has 1 saturated carbocycles. The van der Waals surface area contributed by atoms with Crippen LogP contribution >= 0.6 is 11.3 Å². The maximum atomic E-state index is 13.0. The lowest BCUT2D eigenvalue weighted by atomic mass is 9.96. The van der Waals surface area contributed by atoms with E-state index in [4.69, 9.17) is 9.28 Å². The summed E-state index contributed by atoms with van der Waals surface area (Å²) in [5.74, 6) is -0.104. The van der Waals surface area contributed by atoms with Gasteiger partial charge in [0.05, 0.1) is 29.0 Å². The van der Waals surface area contributed by atoms with Gasteiger partial charge in [-0.25, -0.2) is 0 Å². The summed E-state index contributed by atoms with van der Waals surface area (Å²) in [6, 6.07) is 10.2. The second-order valence-electron chi connectivity index (χ2n) is 9.64. The molecule has 188 valence electrons. The van der Waals surface area contributed by atoms with Crippen LogP contribution in [0.15, 0.2) is 30.3 Å². The van der Waals surface area contributed by atoms with E-state index in [-0.39, 0.29) is 12.0 Å². The number of benzene rings is 1. The van der Waals surface area contributed by atoms with Gasteiger partial charge in [-0.1, -0.05) is 19.3 Å². The number of anilines is 2. The van der Waals surface area contributed by atoms with E-state index < -0.39 is 10.1 Å². The van der Waals surface area contributed by atoms with Gasteiger partial charge in [-0.3, -0.25) is 13.7 Å². The maximum Gasteiger partial charge on any atom is 0.265 e. The van der Waals surface area contributed by atoms with E-state index in [1.54, 1.807) is 0 Å². The molecule has 0 unspecified atom stereocenters. The highest BCUT2D eigenvalue weighted by molar-refractivity contribution is 7.86. The predicted octanol–water partition coefficient (Wildman–Crippen LogP) is 5.11. The molecule has 1 N–H and O–H groups in total. The number of hydrogen-bond donors (Lipinski definition) is 1. The number of aryl methyl sites for hydroxylation is 1. The van der Waals surface area contributed by atoms with Gasteiger partial charge in [-0.15, -0.1) is 11.3 Å². The standard InChI is InChI=1S/C25H32N4O4S2/c1-17-22-16-23(34-25(22)29(27-17)20-6-4-3-5-7-20)24(30)26-18-8-10-19(11-9-18)28-14-12-21(13-15-28)33-35(2,31)32/h8-11,16,20-21H,3-7,12-15H2,1-2H3,(H,26,30). The number of rotatable bonds is 6. The number of carbonyl (C=O) groups is 1. The van der Waals surface area contributed by atoms with Gasteiger partial charge in [0.2, 0.25) is 0 Å². The highest BCUT2D eigenvalue weighted by Gasteiger charge is 2.24. The van der Waals surface area contributed by atoms with E-state index in [2.05, 4.69) is 14.9 Å². The number of nitrogens with one attached hydrogen (secondary N) is 1. The van der Waals surface area contributed by atoms with Crippen LogP contribution in [0.5, 0.6) is 0 Å². The number of aromatic nitrogens is 2. The van der Waals surface area contributed by atoms with Crippen molar-refractivity contribution in [2.45, 2.75) is 64.0 Å². The summed E-state index contributed by atoms with van der Waals surface area (Å²) in [6.07, 6.45) is 8.26. The average Bonchev–Trinajstić information content (AvgIpc) is 3.40. The zero-order chi connectivity index (χ0) is 24.6. The highest BCUT2D eigenvalue weighted by Crippen LogP contribution is 2.35. The molecule has 2 aromatic heterocycles. The quantitative estimate of drug-likeness (QED) is 0.458. The molecular weight excluding hydrogens is 484 g/mol. The van der Waals surface area contributed by atoms with Gasteiger partial charge in [-0.2, -0.15) is 13.5 Å². The number of carbonyl (C=O) groups excluding carboxylic acids is 1. The van der Waals surface area contributed by atoms with E-state index in [9.17, 15) is 13.2 Å². The fourth-order valence-corrected chi connectivity index (χ4v) is 6.98. The van der Waals surface area contributed by atoms with Crippen molar-refractivity contribution in [1.29, 1.82) is 0 Å². The molecule has 2 fully saturated rings. The van der Waals surface area contributed by atoms with Crippen molar-refractivity contribution in [3.05, 3.63) is 40.9 Å². The SMILES string of the molecule is Cc1nn(C2CCCCC2)c2sc(C(=O)Nc3ccc(N4CCC(OS(C)(=O)=O)CC4)cc3)cc12. The van der Waals surface area contributed by atoms with Crippen LogP contribution in [-0.4, -0.2) is 49.6 Å². The third kappa shape index (κ3) is 5.54. The van der Waals surface area contributed by atoms with Crippen LogP contribution in [0.4, 0.5) is 11.4 Å². The summed E-state index contributed by atoms with van der Waals surface area (Å²) in [5, 5.41) is 8.89. The molecule has 5 rings (SSSR count). The summed E-state index contributed by atoms with van der Waals surface area (Å²) < 4.78 is 30.0. The highest BCUT2D eigenvalue weighted by atomic mass is 32.2. The first-order chi connectivity index (χ1) is 16.8. The number of amides is 1. The largest absolute Gasteiger partial charge is 0.371 e. The molecule has 1 aromatic carbocycles. The molecule has 0 atom stereocenters. The summed E-state index contributed by atoms with van der Waals surface area (Å²) in [4.78, 5) is 17.0. The molecule has 1 aliphatic carbocycles. The van der Waals surface area contributed by atoms with Crippen molar-refractivity contribution in [2.75, 3.05) is 29.6 Å².